The molecule has 0 aromatic heterocycles. The van der Waals surface area contributed by atoms with Crippen LogP contribution in [0.25, 0.3) is 0 Å². The molecule has 0 saturated heterocycles. The van der Waals surface area contributed by atoms with Crippen LogP contribution in [0.1, 0.15) is 42.4 Å². The lowest BCUT2D eigenvalue weighted by molar-refractivity contribution is -0.118. The van der Waals surface area contributed by atoms with Crippen LogP contribution in [0.2, 0.25) is 0 Å². The molecule has 0 radical (unpaired) electrons. The summed E-state index contributed by atoms with van der Waals surface area (Å²) in [7, 11) is 0. The van der Waals surface area contributed by atoms with Gasteiger partial charge in [-0.1, -0.05) is 29.8 Å². The van der Waals surface area contributed by atoms with Crippen molar-refractivity contribution in [1.82, 2.24) is 0 Å². The van der Waals surface area contributed by atoms with Gasteiger partial charge in [0.25, 0.3) is 0 Å². The van der Waals surface area contributed by atoms with Crippen LogP contribution in [-0.2, 0) is 24.1 Å². The van der Waals surface area contributed by atoms with Gasteiger partial charge in [0.2, 0.25) is 0 Å². The average Bonchev–Trinajstić information content (AvgIpc) is 2.79. The molecule has 2 aliphatic rings. The number of ketones is 1. The van der Waals surface area contributed by atoms with Crippen molar-refractivity contribution in [3.05, 3.63) is 46.5 Å². The topological polar surface area (TPSA) is 17.1 Å². The summed E-state index contributed by atoms with van der Waals surface area (Å²) in [5, 5.41) is 0. The monoisotopic (exact) mass is 226 g/mol. The number of carbonyl (C=O) groups is 1. The molecule has 0 fully saturated rings. The van der Waals surface area contributed by atoms with Crippen LogP contribution in [0.5, 0.6) is 0 Å². The molecule has 1 aromatic rings. The molecule has 1 aromatic carbocycles. The second-order valence-electron chi connectivity index (χ2n) is 5.24. The molecule has 3 rings (SSSR count). The Kier molecular flexibility index (Phi) is 2.84. The van der Waals surface area contributed by atoms with E-state index in [0.717, 1.165) is 19.3 Å². The Morgan fingerprint density at radius 3 is 2.71 bits per heavy atom. The van der Waals surface area contributed by atoms with Gasteiger partial charge in [-0.25, -0.2) is 0 Å². The van der Waals surface area contributed by atoms with Crippen molar-refractivity contribution in [3.63, 3.8) is 0 Å². The maximum Gasteiger partial charge on any atom is 0.136 e. The number of hydrogen-bond acceptors (Lipinski definition) is 1. The Morgan fingerprint density at radius 1 is 1.00 bits per heavy atom. The fourth-order valence-electron chi connectivity index (χ4n) is 2.92. The van der Waals surface area contributed by atoms with Crippen LogP contribution in [0.3, 0.4) is 0 Å². The minimum absolute atomic E-state index is 0.391. The van der Waals surface area contributed by atoms with Crippen LogP contribution in [-0.4, -0.2) is 5.78 Å². The Balaban J connectivity index is 1.75. The van der Waals surface area contributed by atoms with Crippen LogP contribution in [0, 0.1) is 0 Å². The summed E-state index contributed by atoms with van der Waals surface area (Å²) in [5.74, 6) is 0.391. The summed E-state index contributed by atoms with van der Waals surface area (Å²) in [4.78, 5) is 11.2. The van der Waals surface area contributed by atoms with E-state index in [-0.39, 0.29) is 0 Å². The third kappa shape index (κ3) is 2.33. The fourth-order valence-corrected chi connectivity index (χ4v) is 2.92. The van der Waals surface area contributed by atoms with E-state index in [0.29, 0.717) is 12.2 Å². The number of hydrogen-bond donors (Lipinski definition) is 0. The zero-order valence-electron chi connectivity index (χ0n) is 10.2. The van der Waals surface area contributed by atoms with Gasteiger partial charge in [0.1, 0.15) is 5.78 Å². The van der Waals surface area contributed by atoms with E-state index in [9.17, 15) is 4.79 Å². The van der Waals surface area contributed by atoms with E-state index in [1.165, 1.54) is 30.4 Å². The molecular weight excluding hydrogens is 208 g/mol. The summed E-state index contributed by atoms with van der Waals surface area (Å²) in [6.45, 7) is 0. The Labute approximate surface area is 103 Å². The highest BCUT2D eigenvalue weighted by molar-refractivity contribution is 5.81. The molecule has 1 heteroatoms. The first kappa shape index (κ1) is 10.8. The first-order valence-corrected chi connectivity index (χ1v) is 6.61. The van der Waals surface area contributed by atoms with Crippen molar-refractivity contribution in [2.24, 2.45) is 0 Å². The molecule has 0 amide bonds. The summed E-state index contributed by atoms with van der Waals surface area (Å²) < 4.78 is 0. The molecule has 0 saturated carbocycles. The zero-order chi connectivity index (χ0) is 11.7. The van der Waals surface area contributed by atoms with Crippen molar-refractivity contribution in [2.45, 2.75) is 44.9 Å². The normalized spacial score (nSPS) is 19.1. The molecule has 0 heterocycles. The van der Waals surface area contributed by atoms with Crippen molar-refractivity contribution < 1.29 is 4.79 Å². The lowest BCUT2D eigenvalue weighted by Gasteiger charge is -2.12. The minimum Gasteiger partial charge on any atom is -0.299 e. The molecular formula is C16H18O. The number of carbonyl (C=O) groups excluding carboxylic acids is 1. The second kappa shape index (κ2) is 4.48. The molecule has 0 atom stereocenters. The van der Waals surface area contributed by atoms with Crippen LogP contribution >= 0.6 is 0 Å². The first-order valence-electron chi connectivity index (χ1n) is 6.61. The number of allylic oxidation sites excluding steroid dienone is 2. The van der Waals surface area contributed by atoms with Gasteiger partial charge in [-0.15, -0.1) is 0 Å². The van der Waals surface area contributed by atoms with Gasteiger partial charge in [-0.2, -0.15) is 0 Å². The minimum atomic E-state index is 0.391. The van der Waals surface area contributed by atoms with E-state index in [1.807, 2.05) is 0 Å². The highest BCUT2D eigenvalue weighted by Gasteiger charge is 2.13. The predicted molar refractivity (Wildman–Crippen MR) is 69.1 cm³/mol. The molecule has 1 nitrogen and oxygen atoms in total. The number of Topliss-reactive ketones (excluding diaryl/α,β-unsaturated/α-hetero) is 1. The van der Waals surface area contributed by atoms with Gasteiger partial charge in [0.05, 0.1) is 0 Å². The van der Waals surface area contributed by atoms with Crippen molar-refractivity contribution in [3.8, 4) is 0 Å². The molecule has 0 aliphatic heterocycles. The third-order valence-electron chi connectivity index (χ3n) is 3.94. The highest BCUT2D eigenvalue weighted by Crippen LogP contribution is 2.25. The molecule has 2 aliphatic carbocycles. The summed E-state index contributed by atoms with van der Waals surface area (Å²) in [6.07, 6.45) is 9.37. The smallest absolute Gasteiger partial charge is 0.136 e. The number of aryl methyl sites for hydroxylation is 2. The van der Waals surface area contributed by atoms with Gasteiger partial charge in [0.15, 0.2) is 0 Å². The van der Waals surface area contributed by atoms with Gasteiger partial charge < -0.3 is 0 Å². The lowest BCUT2D eigenvalue weighted by Crippen LogP contribution is -2.05. The van der Waals surface area contributed by atoms with Gasteiger partial charge >= 0.3 is 0 Å². The Hall–Kier alpha value is -1.37. The van der Waals surface area contributed by atoms with Gasteiger partial charge in [-0.3, -0.25) is 4.79 Å². The standard InChI is InChI=1S/C16H18O/c17-16-8-5-12(6-9-16)10-13-4-7-14-2-1-3-15(14)11-13/h4-5,7,11H,1-3,6,8-10H2. The molecule has 88 valence electrons. The number of rotatable bonds is 2. The lowest BCUT2D eigenvalue weighted by atomic mass is 9.92. The SMILES string of the molecule is O=C1CC=C(Cc2ccc3c(c2)CCC3)CC1. The largest absolute Gasteiger partial charge is 0.299 e. The van der Waals surface area contributed by atoms with E-state index in [1.54, 1.807) is 11.1 Å². The Morgan fingerprint density at radius 2 is 1.88 bits per heavy atom. The van der Waals surface area contributed by atoms with Crippen molar-refractivity contribution in [2.75, 3.05) is 0 Å². The van der Waals surface area contributed by atoms with Gasteiger partial charge in [-0.05, 0) is 48.8 Å². The summed E-state index contributed by atoms with van der Waals surface area (Å²) in [6, 6.07) is 6.94. The molecule has 17 heavy (non-hydrogen) atoms. The number of fused-ring (bicyclic) bond motifs is 1. The Bertz CT molecular complexity index is 482. The summed E-state index contributed by atoms with van der Waals surface area (Å²) in [5.41, 5.74) is 5.96. The predicted octanol–water partition coefficient (Wildman–Crippen LogP) is 3.40. The maximum absolute atomic E-state index is 11.2. The quantitative estimate of drug-likeness (QED) is 0.706. The van der Waals surface area contributed by atoms with Crippen molar-refractivity contribution >= 4 is 5.78 Å². The third-order valence-corrected chi connectivity index (χ3v) is 3.94. The first-order chi connectivity index (χ1) is 8.31. The van der Waals surface area contributed by atoms with E-state index < -0.39 is 0 Å². The fraction of sp³-hybridized carbons (Fsp3) is 0.438. The van der Waals surface area contributed by atoms with Crippen molar-refractivity contribution in [1.29, 1.82) is 0 Å². The summed E-state index contributed by atoms with van der Waals surface area (Å²) >= 11 is 0. The molecule has 0 unspecified atom stereocenters. The van der Waals surface area contributed by atoms with Gasteiger partial charge in [0, 0.05) is 12.8 Å². The average molecular weight is 226 g/mol. The second-order valence-corrected chi connectivity index (χ2v) is 5.24. The highest BCUT2D eigenvalue weighted by atomic mass is 16.1. The number of benzene rings is 1. The van der Waals surface area contributed by atoms with E-state index in [4.69, 9.17) is 0 Å². The van der Waals surface area contributed by atoms with Crippen LogP contribution in [0.4, 0.5) is 0 Å². The maximum atomic E-state index is 11.2. The van der Waals surface area contributed by atoms with E-state index >= 15 is 0 Å². The zero-order valence-corrected chi connectivity index (χ0v) is 10.2. The molecule has 0 N–H and O–H groups in total. The molecule has 0 spiro atoms. The molecule has 0 bridgehead atoms. The van der Waals surface area contributed by atoms with E-state index in [2.05, 4.69) is 24.3 Å². The van der Waals surface area contributed by atoms with Crippen LogP contribution in [0.15, 0.2) is 29.8 Å². The van der Waals surface area contributed by atoms with Crippen LogP contribution < -0.4 is 0 Å².